The first-order valence-corrected chi connectivity index (χ1v) is 11.8. The van der Waals surface area contributed by atoms with Crippen LogP contribution in [0.4, 0.5) is 10.1 Å². The van der Waals surface area contributed by atoms with Crippen molar-refractivity contribution in [2.75, 3.05) is 11.9 Å². The first-order chi connectivity index (χ1) is 17.4. The van der Waals surface area contributed by atoms with Crippen LogP contribution in [0.5, 0.6) is 0 Å². The lowest BCUT2D eigenvalue weighted by Gasteiger charge is -2.34. The molecule has 1 aliphatic heterocycles. The molecule has 7 heteroatoms. The highest BCUT2D eigenvalue weighted by atomic mass is 19.1. The largest absolute Gasteiger partial charge is 0.463 e. The zero-order valence-electron chi connectivity index (χ0n) is 20.2. The summed E-state index contributed by atoms with van der Waals surface area (Å²) in [6.07, 6.45) is 0.128. The van der Waals surface area contributed by atoms with Gasteiger partial charge in [-0.15, -0.1) is 0 Å². The van der Waals surface area contributed by atoms with Gasteiger partial charge in [0.05, 0.1) is 24.4 Å². The van der Waals surface area contributed by atoms with Crippen LogP contribution in [0.3, 0.4) is 0 Å². The zero-order chi connectivity index (χ0) is 25.7. The maximum atomic E-state index is 13.9. The molecule has 3 aromatic carbocycles. The van der Waals surface area contributed by atoms with Crippen molar-refractivity contribution in [3.63, 3.8) is 0 Å². The number of carbonyl (C=O) groups excluding carboxylic acids is 3. The molecule has 3 aromatic rings. The van der Waals surface area contributed by atoms with Gasteiger partial charge in [-0.05, 0) is 49.2 Å². The summed E-state index contributed by atoms with van der Waals surface area (Å²) in [6.45, 7) is 3.89. The number of amides is 2. The molecule has 0 spiro atoms. The van der Waals surface area contributed by atoms with E-state index in [0.29, 0.717) is 22.4 Å². The Labute approximate surface area is 209 Å². The molecule has 1 aliphatic rings. The van der Waals surface area contributed by atoms with E-state index in [2.05, 4.69) is 5.32 Å². The van der Waals surface area contributed by atoms with Gasteiger partial charge in [-0.2, -0.15) is 0 Å². The van der Waals surface area contributed by atoms with Gasteiger partial charge in [0.1, 0.15) is 5.82 Å². The molecule has 4 rings (SSSR count). The van der Waals surface area contributed by atoms with Crippen LogP contribution < -0.4 is 5.32 Å². The predicted octanol–water partition coefficient (Wildman–Crippen LogP) is 5.43. The van der Waals surface area contributed by atoms with Crippen molar-refractivity contribution in [3.05, 3.63) is 113 Å². The van der Waals surface area contributed by atoms with Gasteiger partial charge < -0.3 is 15.0 Å². The Bertz CT molecular complexity index is 1320. The van der Waals surface area contributed by atoms with Crippen molar-refractivity contribution < 1.29 is 23.5 Å². The van der Waals surface area contributed by atoms with Crippen LogP contribution in [0.1, 0.15) is 47.7 Å². The Hall–Kier alpha value is -4.26. The first-order valence-electron chi connectivity index (χ1n) is 11.8. The zero-order valence-corrected chi connectivity index (χ0v) is 20.2. The van der Waals surface area contributed by atoms with E-state index in [1.165, 1.54) is 12.1 Å². The number of anilines is 1. The molecule has 0 saturated carbocycles. The summed E-state index contributed by atoms with van der Waals surface area (Å²) >= 11 is 0. The molecule has 0 aromatic heterocycles. The third-order valence-corrected chi connectivity index (χ3v) is 6.17. The van der Waals surface area contributed by atoms with Gasteiger partial charge in [0, 0.05) is 23.6 Å². The SMILES string of the molecule is CCOC(=O)C1=C(C)N(Cc2cccc(C(=O)Nc3ccccc3F)c2)C(=O)CC1c1ccccc1. The maximum absolute atomic E-state index is 13.9. The second-order valence-corrected chi connectivity index (χ2v) is 8.50. The van der Waals surface area contributed by atoms with Crippen LogP contribution in [-0.4, -0.2) is 29.3 Å². The number of esters is 1. The lowest BCUT2D eigenvalue weighted by molar-refractivity contribution is -0.140. The van der Waals surface area contributed by atoms with E-state index in [1.54, 1.807) is 55.1 Å². The van der Waals surface area contributed by atoms with E-state index in [-0.39, 0.29) is 31.2 Å². The summed E-state index contributed by atoms with van der Waals surface area (Å²) in [6, 6.07) is 22.2. The second kappa shape index (κ2) is 11.0. The van der Waals surface area contributed by atoms with Gasteiger partial charge in [-0.25, -0.2) is 9.18 Å². The van der Waals surface area contributed by atoms with E-state index < -0.39 is 23.6 Å². The van der Waals surface area contributed by atoms with Gasteiger partial charge >= 0.3 is 5.97 Å². The number of allylic oxidation sites excluding steroid dienone is 1. The number of rotatable bonds is 7. The van der Waals surface area contributed by atoms with Crippen molar-refractivity contribution in [1.29, 1.82) is 0 Å². The number of halogens is 1. The lowest BCUT2D eigenvalue weighted by atomic mass is 9.83. The molecule has 36 heavy (non-hydrogen) atoms. The summed E-state index contributed by atoms with van der Waals surface area (Å²) in [4.78, 5) is 40.5. The van der Waals surface area contributed by atoms with Crippen LogP contribution >= 0.6 is 0 Å². The Morgan fingerprint density at radius 2 is 1.75 bits per heavy atom. The molecule has 1 N–H and O–H groups in total. The molecular formula is C29H27FN2O4. The molecule has 184 valence electrons. The summed E-state index contributed by atoms with van der Waals surface area (Å²) in [5.41, 5.74) is 2.97. The lowest BCUT2D eigenvalue weighted by Crippen LogP contribution is -2.38. The normalized spacial score (nSPS) is 15.6. The van der Waals surface area contributed by atoms with E-state index >= 15 is 0 Å². The number of para-hydroxylation sites is 1. The Balaban J connectivity index is 1.61. The monoisotopic (exact) mass is 486 g/mol. The predicted molar refractivity (Wildman–Crippen MR) is 134 cm³/mol. The molecule has 6 nitrogen and oxygen atoms in total. The minimum atomic E-state index is -0.527. The number of hydrogen-bond acceptors (Lipinski definition) is 4. The molecular weight excluding hydrogens is 459 g/mol. The average molecular weight is 487 g/mol. The number of carbonyl (C=O) groups is 3. The third-order valence-electron chi connectivity index (χ3n) is 6.17. The molecule has 2 amide bonds. The van der Waals surface area contributed by atoms with Gasteiger partial charge in [0.15, 0.2) is 0 Å². The van der Waals surface area contributed by atoms with E-state index in [0.717, 1.165) is 5.56 Å². The fourth-order valence-corrected chi connectivity index (χ4v) is 4.40. The Morgan fingerprint density at radius 3 is 2.47 bits per heavy atom. The van der Waals surface area contributed by atoms with Crippen LogP contribution in [0.25, 0.3) is 0 Å². The van der Waals surface area contributed by atoms with Crippen LogP contribution in [0, 0.1) is 5.82 Å². The van der Waals surface area contributed by atoms with E-state index in [1.807, 2.05) is 30.3 Å². The Kier molecular flexibility index (Phi) is 7.59. The number of hydrogen-bond donors (Lipinski definition) is 1. The highest BCUT2D eigenvalue weighted by Crippen LogP contribution is 2.37. The summed E-state index contributed by atoms with van der Waals surface area (Å²) in [7, 11) is 0. The summed E-state index contributed by atoms with van der Waals surface area (Å²) in [5, 5.41) is 2.57. The molecule has 1 heterocycles. The van der Waals surface area contributed by atoms with Crippen LogP contribution in [0.15, 0.2) is 90.1 Å². The van der Waals surface area contributed by atoms with E-state index in [4.69, 9.17) is 4.74 Å². The third kappa shape index (κ3) is 5.35. The molecule has 0 bridgehead atoms. The number of nitrogens with one attached hydrogen (secondary N) is 1. The van der Waals surface area contributed by atoms with Gasteiger partial charge in [0.2, 0.25) is 5.91 Å². The molecule has 0 saturated heterocycles. The van der Waals surface area contributed by atoms with Crippen molar-refractivity contribution in [1.82, 2.24) is 4.90 Å². The standard InChI is InChI=1S/C29H27FN2O4/c1-3-36-29(35)27-19(2)32(26(33)17-23(27)21-11-5-4-6-12-21)18-20-10-9-13-22(16-20)28(34)31-25-15-8-7-14-24(25)30/h4-16,23H,3,17-18H2,1-2H3,(H,31,34). The number of ether oxygens (including phenoxy) is 1. The highest BCUT2D eigenvalue weighted by Gasteiger charge is 2.36. The van der Waals surface area contributed by atoms with Gasteiger partial charge in [-0.3, -0.25) is 9.59 Å². The van der Waals surface area contributed by atoms with Crippen molar-refractivity contribution >= 4 is 23.5 Å². The Morgan fingerprint density at radius 1 is 1.03 bits per heavy atom. The fourth-order valence-electron chi connectivity index (χ4n) is 4.40. The molecule has 0 aliphatic carbocycles. The molecule has 1 atom stereocenters. The maximum Gasteiger partial charge on any atom is 0.336 e. The van der Waals surface area contributed by atoms with Gasteiger partial charge in [0.25, 0.3) is 5.91 Å². The van der Waals surface area contributed by atoms with Crippen molar-refractivity contribution in [3.8, 4) is 0 Å². The summed E-state index contributed by atoms with van der Waals surface area (Å²) in [5.74, 6) is -1.96. The fraction of sp³-hybridized carbons (Fsp3) is 0.207. The minimum Gasteiger partial charge on any atom is -0.463 e. The summed E-state index contributed by atoms with van der Waals surface area (Å²) < 4.78 is 19.3. The van der Waals surface area contributed by atoms with Gasteiger partial charge in [-0.1, -0.05) is 54.6 Å². The highest BCUT2D eigenvalue weighted by molar-refractivity contribution is 6.04. The van der Waals surface area contributed by atoms with E-state index in [9.17, 15) is 18.8 Å². The quantitative estimate of drug-likeness (QED) is 0.452. The minimum absolute atomic E-state index is 0.0870. The smallest absolute Gasteiger partial charge is 0.336 e. The topological polar surface area (TPSA) is 75.7 Å². The number of benzene rings is 3. The average Bonchev–Trinajstić information content (AvgIpc) is 2.88. The molecule has 0 fully saturated rings. The van der Waals surface area contributed by atoms with Crippen LogP contribution in [0.2, 0.25) is 0 Å². The van der Waals surface area contributed by atoms with Crippen LogP contribution in [-0.2, 0) is 20.9 Å². The van der Waals surface area contributed by atoms with Crippen molar-refractivity contribution in [2.45, 2.75) is 32.7 Å². The second-order valence-electron chi connectivity index (χ2n) is 8.50. The first kappa shape index (κ1) is 24.9. The molecule has 1 unspecified atom stereocenters. The molecule has 0 radical (unpaired) electrons. The number of nitrogens with zero attached hydrogens (tertiary/aromatic N) is 1. The van der Waals surface area contributed by atoms with Crippen molar-refractivity contribution in [2.24, 2.45) is 0 Å².